The topological polar surface area (TPSA) is 63.4 Å². The average Bonchev–Trinajstić information content (AvgIpc) is 0.811. The normalized spacial score (nSPS) is 4.80. The van der Waals surface area contributed by atoms with Crippen molar-refractivity contribution < 1.29 is 10.3 Å². The number of hydrogen-bond donors (Lipinski definition) is 1. The predicted octanol–water partition coefficient (Wildman–Crippen LogP) is -1.26. The van der Waals surface area contributed by atoms with Crippen LogP contribution in [0.1, 0.15) is 0 Å². The molecule has 0 unspecified atom stereocenters. The molecule has 0 spiro atoms. The van der Waals surface area contributed by atoms with Gasteiger partial charge in [0.2, 0.25) is 0 Å². The minimum atomic E-state index is -1.50. The van der Waals surface area contributed by atoms with Gasteiger partial charge in [-0.1, -0.05) is 0 Å². The van der Waals surface area contributed by atoms with Crippen molar-refractivity contribution in [2.24, 2.45) is 0 Å². The summed E-state index contributed by atoms with van der Waals surface area (Å²) in [5.74, 6) is 0. The third-order valence-corrected chi connectivity index (χ3v) is 0. The molecule has 5 heteroatoms. The van der Waals surface area contributed by atoms with Gasteiger partial charge in [-0.3, -0.25) is 0 Å². The van der Waals surface area contributed by atoms with Crippen LogP contribution >= 0.6 is 0 Å². The molecule has 0 saturated heterocycles. The Bertz CT molecular complexity index is 29.9. The number of rotatable bonds is 0. The maximum atomic E-state index is 8.36. The Hall–Kier alpha value is -0.281. The van der Waals surface area contributed by atoms with Crippen molar-refractivity contribution in [1.82, 2.24) is 0 Å². The van der Waals surface area contributed by atoms with E-state index in [1.165, 1.54) is 0 Å². The molecular weight excluding hydrogens is 141 g/mol. The van der Waals surface area contributed by atoms with Gasteiger partial charge < -0.3 is 5.21 Å². The van der Waals surface area contributed by atoms with Gasteiger partial charge in [-0.2, -0.15) is 0 Å². The molecule has 0 rings (SSSR count). The van der Waals surface area contributed by atoms with Crippen LogP contribution in [0, 0.1) is 10.1 Å². The van der Waals surface area contributed by atoms with Crippen molar-refractivity contribution in [3.05, 3.63) is 10.1 Å². The van der Waals surface area contributed by atoms with Gasteiger partial charge >= 0.3 is 17.1 Å². The van der Waals surface area contributed by atoms with Crippen molar-refractivity contribution >= 4 is 17.1 Å². The summed E-state index contributed by atoms with van der Waals surface area (Å²) in [5, 5.41) is 13.6. The fourth-order valence-corrected chi connectivity index (χ4v) is 0. The van der Waals surface area contributed by atoms with Crippen LogP contribution in [0.4, 0.5) is 0 Å². The van der Waals surface area contributed by atoms with Crippen LogP contribution in [0.25, 0.3) is 0 Å². The fraction of sp³-hybridized carbons (Fsp3) is 0. The van der Waals surface area contributed by atoms with E-state index in [2.05, 4.69) is 0 Å². The quantitative estimate of drug-likeness (QED) is 0.262. The Morgan fingerprint density at radius 1 is 1.80 bits per heavy atom. The molecule has 0 amide bonds. The van der Waals surface area contributed by atoms with Crippen molar-refractivity contribution in [2.45, 2.75) is 0 Å². The first-order chi connectivity index (χ1) is 1.73. The van der Waals surface area contributed by atoms with Crippen LogP contribution in [-0.2, 0) is 0 Å². The molecule has 4 nitrogen and oxygen atoms in total. The molecule has 0 aromatic heterocycles. The Kier molecular flexibility index (Phi) is 6.57. The van der Waals surface area contributed by atoms with E-state index < -0.39 is 5.09 Å². The minimum absolute atomic E-state index is 0. The molecule has 0 fully saturated rings. The second kappa shape index (κ2) is 3.72. The molecule has 0 aliphatic heterocycles. The van der Waals surface area contributed by atoms with E-state index in [9.17, 15) is 0 Å². The average molecular weight is 144 g/mol. The maximum absolute atomic E-state index is 8.36. The predicted molar refractivity (Wildman–Crippen MR) is 17.3 cm³/mol. The van der Waals surface area contributed by atoms with Crippen LogP contribution in [-0.4, -0.2) is 27.4 Å². The van der Waals surface area contributed by atoms with Crippen molar-refractivity contribution in [3.63, 3.8) is 0 Å². The van der Waals surface area contributed by atoms with E-state index in [0.717, 1.165) is 0 Å². The zero-order valence-corrected chi connectivity index (χ0v) is 4.31. The van der Waals surface area contributed by atoms with Gasteiger partial charge in [0.05, 0.1) is 0 Å². The Balaban J connectivity index is 0. The van der Waals surface area contributed by atoms with Gasteiger partial charge in [-0.05, 0) is 0 Å². The first-order valence-electron chi connectivity index (χ1n) is 0.565. The van der Waals surface area contributed by atoms with Crippen LogP contribution in [0.3, 0.4) is 0 Å². The molecule has 0 saturated carbocycles. The summed E-state index contributed by atoms with van der Waals surface area (Å²) < 4.78 is 0. The Labute approximate surface area is 38.4 Å². The molecule has 1 N–H and O–H groups in total. The van der Waals surface area contributed by atoms with Crippen molar-refractivity contribution in [1.29, 1.82) is 0 Å². The van der Waals surface area contributed by atoms with Crippen molar-refractivity contribution in [2.75, 3.05) is 0 Å². The number of hydrogen-bond acceptors (Lipinski definition) is 2. The summed E-state index contributed by atoms with van der Waals surface area (Å²) in [4.78, 5) is 8.36. The van der Waals surface area contributed by atoms with Gasteiger partial charge in [-0.15, -0.1) is 10.1 Å². The van der Waals surface area contributed by atoms with Crippen LogP contribution in [0.15, 0.2) is 0 Å². The summed E-state index contributed by atoms with van der Waals surface area (Å²) in [6.45, 7) is 0. The Morgan fingerprint density at radius 2 is 1.80 bits per heavy atom. The van der Waals surface area contributed by atoms with Crippen LogP contribution < -0.4 is 0 Å². The van der Waals surface area contributed by atoms with E-state index in [-0.39, 0.29) is 17.1 Å². The second-order valence-electron chi connectivity index (χ2n) is 0.238. The molecule has 0 aliphatic rings. The zero-order chi connectivity index (χ0) is 3.58. The van der Waals surface area contributed by atoms with Crippen LogP contribution in [0.2, 0.25) is 0 Å². The van der Waals surface area contributed by atoms with Gasteiger partial charge in [0.1, 0.15) is 0 Å². The summed E-state index contributed by atoms with van der Waals surface area (Å²) in [5.41, 5.74) is 0. The van der Waals surface area contributed by atoms with E-state index in [4.69, 9.17) is 15.3 Å². The van der Waals surface area contributed by atoms with Gasteiger partial charge in [-0.25, -0.2) is 0 Å². The fourth-order valence-electron chi connectivity index (χ4n) is 0. The Morgan fingerprint density at radius 3 is 1.80 bits per heavy atom. The van der Waals surface area contributed by atoms with Gasteiger partial charge in [0, 0.05) is 0 Å². The van der Waals surface area contributed by atoms with E-state index >= 15 is 0 Å². The molecule has 0 atom stereocenters. The molecule has 32 valence electrons. The first-order valence-corrected chi connectivity index (χ1v) is 0.565. The summed E-state index contributed by atoms with van der Waals surface area (Å²) in [7, 11) is 0. The molecule has 0 aromatic carbocycles. The molecule has 0 heterocycles. The summed E-state index contributed by atoms with van der Waals surface area (Å²) >= 11 is 0. The monoisotopic (exact) mass is 145 g/mol. The molecule has 0 radical (unpaired) electrons. The molecule has 0 aliphatic carbocycles. The van der Waals surface area contributed by atoms with E-state index in [1.54, 1.807) is 0 Å². The van der Waals surface area contributed by atoms with Crippen LogP contribution in [0.5, 0.6) is 0 Å². The summed E-state index contributed by atoms with van der Waals surface area (Å²) in [6.07, 6.45) is 0. The third kappa shape index (κ3) is 140. The van der Waals surface area contributed by atoms with Gasteiger partial charge in [0.15, 0.2) is 0 Å². The molecule has 5 heavy (non-hydrogen) atoms. The SMILES string of the molecule is O=[N+]([O-])O.[SeH2]. The zero-order valence-electron chi connectivity index (χ0n) is 2.21. The van der Waals surface area contributed by atoms with E-state index in [0.29, 0.717) is 0 Å². The van der Waals surface area contributed by atoms with Crippen molar-refractivity contribution in [3.8, 4) is 0 Å². The standard InChI is InChI=1S/HNO3.H2Se/c2-1(3)4;/h(H,2,3,4);1H2. The second-order valence-corrected chi connectivity index (χ2v) is 0.238. The third-order valence-electron chi connectivity index (χ3n) is 0. The number of nitrogens with zero attached hydrogens (tertiary/aromatic N) is 1. The molecular formula is H3NO3Se. The van der Waals surface area contributed by atoms with Gasteiger partial charge in [0.25, 0.3) is 5.09 Å². The first kappa shape index (κ1) is 8.83. The molecule has 0 bridgehead atoms. The molecule has 0 aromatic rings. The van der Waals surface area contributed by atoms with E-state index in [1.807, 2.05) is 0 Å². The summed E-state index contributed by atoms with van der Waals surface area (Å²) in [6, 6.07) is 0.